The highest BCUT2D eigenvalue weighted by molar-refractivity contribution is 7.91. The minimum atomic E-state index is -4.24. The van der Waals surface area contributed by atoms with Crippen molar-refractivity contribution in [3.8, 4) is 0 Å². The lowest BCUT2D eigenvalue weighted by atomic mass is 10.1. The Balaban J connectivity index is 1.42. The number of sulfonamides is 4. The Morgan fingerprint density at radius 1 is 0.393 bits per heavy atom. The van der Waals surface area contributed by atoms with Crippen molar-refractivity contribution in [3.63, 3.8) is 0 Å². The van der Waals surface area contributed by atoms with Gasteiger partial charge in [0.2, 0.25) is 72.0 Å². The van der Waals surface area contributed by atoms with E-state index in [-0.39, 0.29) is 94.1 Å². The van der Waals surface area contributed by atoms with Crippen LogP contribution in [0.3, 0.4) is 0 Å². The van der Waals surface area contributed by atoms with Crippen LogP contribution in [0.4, 0.5) is 11.6 Å². The van der Waals surface area contributed by atoms with Gasteiger partial charge < -0.3 is 0 Å². The normalized spacial score (nSPS) is 15.5. The van der Waals surface area contributed by atoms with Gasteiger partial charge in [-0.2, -0.15) is 0 Å². The van der Waals surface area contributed by atoms with E-state index in [1.165, 1.54) is 72.8 Å². The topological polar surface area (TPSA) is 269 Å². The fourth-order valence-corrected chi connectivity index (χ4v) is 10.0. The van der Waals surface area contributed by atoms with Crippen LogP contribution >= 0.6 is 0 Å². The van der Waals surface area contributed by atoms with Gasteiger partial charge >= 0.3 is 0 Å². The molecule has 6 heterocycles. The van der Waals surface area contributed by atoms with E-state index in [0.29, 0.717) is 21.9 Å². The predicted octanol–water partition coefficient (Wildman–Crippen LogP) is -1.51. The van der Waals surface area contributed by atoms with Gasteiger partial charge in [-0.3, -0.25) is 27.7 Å². The van der Waals surface area contributed by atoms with Crippen molar-refractivity contribution in [1.29, 1.82) is 0 Å². The van der Waals surface area contributed by atoms with Crippen molar-refractivity contribution in [2.75, 3.05) is 0 Å². The molecule has 10 rings (SSSR count). The van der Waals surface area contributed by atoms with Crippen molar-refractivity contribution in [1.82, 2.24) is 27.7 Å². The number of aromatic nitrogens is 2. The number of nitrogens with zero attached hydrogens (tertiary/aromatic N) is 8. The second-order valence-corrected chi connectivity index (χ2v) is 20.4. The van der Waals surface area contributed by atoms with E-state index in [0.717, 1.165) is 0 Å². The highest BCUT2D eigenvalue weighted by Gasteiger charge is 2.32. The van der Waals surface area contributed by atoms with E-state index < -0.39 is 40.1 Å². The summed E-state index contributed by atoms with van der Waals surface area (Å²) in [6, 6.07) is 16.4. The largest absolute Gasteiger partial charge is 0.291 e. The highest BCUT2D eigenvalue weighted by Crippen LogP contribution is 2.42. The lowest BCUT2D eigenvalue weighted by molar-refractivity contribution is 0.584. The molecule has 61 heavy (non-hydrogen) atoms. The molecule has 0 saturated carbocycles. The van der Waals surface area contributed by atoms with Crippen LogP contribution in [0.15, 0.2) is 122 Å². The third kappa shape index (κ3) is 5.89. The smallest absolute Gasteiger partial charge is 0.229 e. The van der Waals surface area contributed by atoms with Crippen LogP contribution in [0.2, 0.25) is 0 Å². The third-order valence-electron chi connectivity index (χ3n) is 10.3. The van der Waals surface area contributed by atoms with E-state index in [1.54, 1.807) is 18.4 Å². The molecule has 0 aliphatic carbocycles. The molecule has 6 aromatic rings. The molecule has 8 radical (unpaired) electrons. The molecule has 0 amide bonds. The van der Waals surface area contributed by atoms with Crippen molar-refractivity contribution in [2.24, 2.45) is 30.0 Å². The quantitative estimate of drug-likeness (QED) is 0.130. The summed E-state index contributed by atoms with van der Waals surface area (Å²) in [7, 11) is 4.71. The molecular weight excluding hydrogens is 864 g/mol. The molecule has 0 saturated heterocycles. The maximum absolute atomic E-state index is 13.1. The van der Waals surface area contributed by atoms with Gasteiger partial charge in [-0.25, -0.2) is 63.6 Å². The third-order valence-corrected chi connectivity index (χ3v) is 15.1. The molecule has 20 nitrogen and oxygen atoms in total. The number of rotatable bonds is 8. The molecule has 294 valence electrons. The van der Waals surface area contributed by atoms with Crippen molar-refractivity contribution in [2.45, 2.75) is 26.3 Å². The minimum Gasteiger partial charge on any atom is -0.291 e. The maximum Gasteiger partial charge on any atom is 0.229 e. The molecule has 0 atom stereocenters. The Morgan fingerprint density at radius 3 is 1.28 bits per heavy atom. The first-order valence-corrected chi connectivity index (χ1v) is 23.2. The fraction of sp³-hybridized carbons (Fsp3) is 0.0303. The van der Waals surface area contributed by atoms with Crippen LogP contribution in [-0.2, 0) is 46.8 Å². The summed E-state index contributed by atoms with van der Waals surface area (Å²) in [6.07, 6.45) is 0. The number of amidine groups is 4. The molecule has 2 aromatic heterocycles. The van der Waals surface area contributed by atoms with Gasteiger partial charge in [0.15, 0.2) is 23.3 Å². The lowest BCUT2D eigenvalue weighted by Crippen LogP contribution is -2.32. The Labute approximate surface area is 350 Å². The predicted molar refractivity (Wildman–Crippen MR) is 224 cm³/mol. The molecule has 28 heteroatoms. The van der Waals surface area contributed by atoms with Gasteiger partial charge in [-0.1, -0.05) is 0 Å². The summed E-state index contributed by atoms with van der Waals surface area (Å²) in [6.45, 7) is -0.228. The number of benzene rings is 4. The second-order valence-electron chi connectivity index (χ2n) is 13.6. The monoisotopic (exact) mass is 882 g/mol. The summed E-state index contributed by atoms with van der Waals surface area (Å²) in [4.78, 5) is 28.4. The van der Waals surface area contributed by atoms with E-state index in [2.05, 4.69) is 0 Å². The summed E-state index contributed by atoms with van der Waals surface area (Å²) in [5.41, 5.74) is 1.35. The van der Waals surface area contributed by atoms with Gasteiger partial charge in [0, 0.05) is 43.8 Å². The minimum absolute atomic E-state index is 0.00585. The first-order chi connectivity index (χ1) is 29.0. The van der Waals surface area contributed by atoms with Crippen molar-refractivity contribution < 1.29 is 33.7 Å². The Morgan fingerprint density at radius 2 is 0.770 bits per heavy atom. The van der Waals surface area contributed by atoms with Crippen LogP contribution < -0.4 is 29.5 Å². The summed E-state index contributed by atoms with van der Waals surface area (Å²) >= 11 is 0. The molecule has 0 fully saturated rings. The fourth-order valence-electron chi connectivity index (χ4n) is 7.41. The van der Waals surface area contributed by atoms with Crippen LogP contribution in [0.1, 0.15) is 22.3 Å². The van der Waals surface area contributed by atoms with E-state index in [9.17, 15) is 33.7 Å². The van der Waals surface area contributed by atoms with Crippen molar-refractivity contribution >= 4 is 129 Å². The van der Waals surface area contributed by atoms with Gasteiger partial charge in [0.25, 0.3) is 0 Å². The van der Waals surface area contributed by atoms with Crippen LogP contribution in [-0.4, -0.2) is 98.1 Å². The average molecular weight is 882 g/mol. The number of hydrogen-bond acceptors (Lipinski definition) is 14. The molecule has 4 aromatic carbocycles. The first kappa shape index (κ1) is 39.3. The summed E-state index contributed by atoms with van der Waals surface area (Å²) in [5, 5.41) is 1.13. The maximum atomic E-state index is 13.1. The highest BCUT2D eigenvalue weighted by atomic mass is 32.2. The average Bonchev–Trinajstić information content (AvgIpc) is 3.95. The van der Waals surface area contributed by atoms with E-state index in [1.807, 2.05) is 9.27 Å². The zero-order valence-corrected chi connectivity index (χ0v) is 33.7. The molecule has 0 unspecified atom stereocenters. The lowest BCUT2D eigenvalue weighted by Gasteiger charge is -2.12. The number of nitrogens with one attached hydrogen (secondary N) is 4. The van der Waals surface area contributed by atoms with Gasteiger partial charge in [-0.05, 0) is 72.8 Å². The SMILES string of the molecule is [B]NS(=O)(=O)c1ccc2c(c1)C1=NC2=Nc2c3cc(S(=O)(=O)N[B])ccc3c3n2Cn2c(c4ccc(S(=O)(=O)N[B])cc4c2=NC2=NC(=N3)c3cc(S(=O)(=O)N[B])ccc32)=N1. The Hall–Kier alpha value is -5.86. The van der Waals surface area contributed by atoms with Gasteiger partial charge in [0.05, 0.1) is 19.6 Å². The zero-order valence-electron chi connectivity index (χ0n) is 30.4. The van der Waals surface area contributed by atoms with Gasteiger partial charge in [-0.15, -0.1) is 0 Å². The summed E-state index contributed by atoms with van der Waals surface area (Å²) in [5.74, 6) is 0.322. The number of fused-ring (bicyclic) bond motifs is 14. The second kappa shape index (κ2) is 13.3. The first-order valence-electron chi connectivity index (χ1n) is 17.3. The molecule has 4 aliphatic rings. The van der Waals surface area contributed by atoms with Crippen molar-refractivity contribution in [3.05, 3.63) is 106 Å². The Bertz CT molecular complexity index is 3810. The Kier molecular flexibility index (Phi) is 8.58. The number of hydrogen-bond donors (Lipinski definition) is 4. The molecule has 4 N–H and O–H groups in total. The standard InChI is InChI=1S/C33H18B4N12O8S4/c34-44-58(50,51)14-1-5-18-22(9-14)28-38-26(18)40-32-24-11-16(60(54,55)46-36)3-7-20(24)31-43-29-23-10-15(59(52,53)45-35)2-6-19(23)27(39-29)41-33-25-12-17(61(56,57)47-37)4-8-21(25)30(42-28)49(33)13-48(31)32/h1-12,44-47H,13H2. The van der Waals surface area contributed by atoms with Crippen LogP contribution in [0, 0.1) is 0 Å². The molecule has 4 aliphatic heterocycles. The molecular formula is C33H18B4N12O8S4. The van der Waals surface area contributed by atoms with E-state index in [4.69, 9.17) is 61.9 Å². The molecule has 6 bridgehead atoms. The summed E-state index contributed by atoms with van der Waals surface area (Å²) < 4.78 is 114. The van der Waals surface area contributed by atoms with E-state index >= 15 is 0 Å². The zero-order chi connectivity index (χ0) is 43.0. The number of aliphatic imine (C=N–C) groups is 4. The molecule has 0 spiro atoms. The van der Waals surface area contributed by atoms with Gasteiger partial charge in [0.1, 0.15) is 29.3 Å². The van der Waals surface area contributed by atoms with Crippen LogP contribution in [0.5, 0.6) is 0 Å². The van der Waals surface area contributed by atoms with Crippen LogP contribution in [0.25, 0.3) is 21.5 Å².